The number of benzene rings is 1. The van der Waals surface area contributed by atoms with Crippen LogP contribution in [0.15, 0.2) is 28.5 Å². The summed E-state index contributed by atoms with van der Waals surface area (Å²) in [5.41, 5.74) is 1.20. The van der Waals surface area contributed by atoms with Crippen molar-refractivity contribution in [1.29, 1.82) is 0 Å². The van der Waals surface area contributed by atoms with Gasteiger partial charge >= 0.3 is 6.09 Å². The van der Waals surface area contributed by atoms with Gasteiger partial charge in [0.05, 0.1) is 5.69 Å². The molecule has 1 amide bonds. The zero-order valence-corrected chi connectivity index (χ0v) is 14.0. The van der Waals surface area contributed by atoms with E-state index in [1.54, 1.807) is 19.1 Å². The lowest BCUT2D eigenvalue weighted by molar-refractivity contribution is 0.174. The van der Waals surface area contributed by atoms with Crippen molar-refractivity contribution in [2.45, 2.75) is 11.8 Å². The summed E-state index contributed by atoms with van der Waals surface area (Å²) in [5.74, 6) is 1.10. The van der Waals surface area contributed by atoms with Crippen LogP contribution in [-0.4, -0.2) is 21.3 Å². The molecule has 10 heteroatoms. The van der Waals surface area contributed by atoms with Crippen molar-refractivity contribution >= 4 is 42.9 Å². The summed E-state index contributed by atoms with van der Waals surface area (Å²) in [6, 6.07) is 4.59. The van der Waals surface area contributed by atoms with Gasteiger partial charge in [-0.1, -0.05) is 0 Å². The number of carbonyl (C=O) groups excluding carboxylic acids is 1. The molecule has 0 saturated carbocycles. The van der Waals surface area contributed by atoms with Gasteiger partial charge in [0.25, 0.3) is 9.05 Å². The van der Waals surface area contributed by atoms with Gasteiger partial charge in [-0.25, -0.2) is 13.2 Å². The molecule has 122 valence electrons. The number of ether oxygens (including phenoxy) is 3. The monoisotopic (exact) mass is 375 g/mol. The maximum atomic E-state index is 12.0. The number of fused-ring (bicyclic) bond motifs is 1. The fourth-order valence-corrected chi connectivity index (χ4v) is 4.11. The molecular formula is C13H10ClNO6S2. The summed E-state index contributed by atoms with van der Waals surface area (Å²) in [5, 5.41) is 3.89. The third-order valence-electron chi connectivity index (χ3n) is 3.00. The summed E-state index contributed by atoms with van der Waals surface area (Å²) >= 11 is 0.948. The number of anilines is 1. The molecule has 0 bridgehead atoms. The largest absolute Gasteiger partial charge is 0.454 e. The van der Waals surface area contributed by atoms with Crippen molar-refractivity contribution in [1.82, 2.24) is 0 Å². The van der Waals surface area contributed by atoms with E-state index in [4.69, 9.17) is 24.9 Å². The van der Waals surface area contributed by atoms with E-state index in [-0.39, 0.29) is 16.8 Å². The van der Waals surface area contributed by atoms with Crippen LogP contribution in [0.1, 0.15) is 5.56 Å². The van der Waals surface area contributed by atoms with Crippen LogP contribution in [-0.2, 0) is 9.05 Å². The number of aryl methyl sites for hydroxylation is 1. The fourth-order valence-electron chi connectivity index (χ4n) is 1.94. The molecule has 1 aliphatic rings. The first kappa shape index (κ1) is 15.9. The summed E-state index contributed by atoms with van der Waals surface area (Å²) in [6.07, 6.45) is -0.837. The van der Waals surface area contributed by atoms with Crippen molar-refractivity contribution < 1.29 is 27.4 Å². The van der Waals surface area contributed by atoms with Gasteiger partial charge in [0, 0.05) is 16.7 Å². The Labute approximate surface area is 140 Å². The summed E-state index contributed by atoms with van der Waals surface area (Å²) in [6.45, 7) is 1.90. The SMILES string of the molecule is Cc1cc2c(cc1NC(=O)Oc1sccc1S(=O)(=O)Cl)OCO2. The number of amides is 1. The molecule has 2 heterocycles. The first-order valence-corrected chi connectivity index (χ1v) is 9.45. The van der Waals surface area contributed by atoms with Crippen LogP contribution in [0.4, 0.5) is 10.5 Å². The number of hydrogen-bond acceptors (Lipinski definition) is 7. The van der Waals surface area contributed by atoms with Gasteiger partial charge in [-0.3, -0.25) is 5.32 Å². The number of thiophene rings is 1. The quantitative estimate of drug-likeness (QED) is 0.827. The van der Waals surface area contributed by atoms with E-state index in [9.17, 15) is 13.2 Å². The molecule has 23 heavy (non-hydrogen) atoms. The van der Waals surface area contributed by atoms with E-state index >= 15 is 0 Å². The highest BCUT2D eigenvalue weighted by atomic mass is 35.7. The minimum atomic E-state index is -3.98. The Balaban J connectivity index is 1.77. The maximum Gasteiger partial charge on any atom is 0.417 e. The topological polar surface area (TPSA) is 90.9 Å². The number of halogens is 1. The highest BCUT2D eigenvalue weighted by molar-refractivity contribution is 8.14. The molecule has 7 nitrogen and oxygen atoms in total. The van der Waals surface area contributed by atoms with Crippen molar-refractivity contribution in [3.63, 3.8) is 0 Å². The third-order valence-corrected chi connectivity index (χ3v) is 5.26. The predicted octanol–water partition coefficient (Wildman–Crippen LogP) is 3.32. The average molecular weight is 376 g/mol. The molecule has 0 spiro atoms. The summed E-state index contributed by atoms with van der Waals surface area (Å²) < 4.78 is 38.2. The van der Waals surface area contributed by atoms with Gasteiger partial charge in [0.15, 0.2) is 11.5 Å². The Morgan fingerprint density at radius 3 is 2.74 bits per heavy atom. The molecule has 3 rings (SSSR count). The van der Waals surface area contributed by atoms with Crippen molar-refractivity contribution in [2.24, 2.45) is 0 Å². The average Bonchev–Trinajstić information content (AvgIpc) is 3.07. The van der Waals surface area contributed by atoms with Gasteiger partial charge in [-0.15, -0.1) is 11.3 Å². The summed E-state index contributed by atoms with van der Waals surface area (Å²) in [4.78, 5) is 11.7. The van der Waals surface area contributed by atoms with Gasteiger partial charge in [0.1, 0.15) is 4.90 Å². The molecular weight excluding hydrogens is 366 g/mol. The van der Waals surface area contributed by atoms with Crippen LogP contribution >= 0.6 is 22.0 Å². The van der Waals surface area contributed by atoms with Crippen LogP contribution in [0, 0.1) is 6.92 Å². The van der Waals surface area contributed by atoms with E-state index in [1.807, 2.05) is 0 Å². The molecule has 0 aliphatic carbocycles. The summed E-state index contributed by atoms with van der Waals surface area (Å²) in [7, 11) is 1.29. The lowest BCUT2D eigenvalue weighted by Crippen LogP contribution is -2.17. The zero-order chi connectivity index (χ0) is 16.6. The number of rotatable bonds is 3. The first-order chi connectivity index (χ1) is 10.8. The molecule has 0 atom stereocenters. The Kier molecular flexibility index (Phi) is 4.09. The Morgan fingerprint density at radius 1 is 1.35 bits per heavy atom. The number of nitrogens with one attached hydrogen (secondary N) is 1. The molecule has 0 fully saturated rings. The minimum Gasteiger partial charge on any atom is -0.454 e. The molecule has 0 radical (unpaired) electrons. The van der Waals surface area contributed by atoms with Crippen LogP contribution in [0.5, 0.6) is 16.6 Å². The van der Waals surface area contributed by atoms with Gasteiger partial charge in [-0.2, -0.15) is 0 Å². The molecule has 1 aromatic heterocycles. The number of hydrogen-bond donors (Lipinski definition) is 1. The molecule has 0 saturated heterocycles. The van der Waals surface area contributed by atoms with Crippen LogP contribution in [0.25, 0.3) is 0 Å². The molecule has 1 aromatic carbocycles. The first-order valence-electron chi connectivity index (χ1n) is 6.26. The highest BCUT2D eigenvalue weighted by Gasteiger charge is 2.22. The zero-order valence-electron chi connectivity index (χ0n) is 11.7. The van der Waals surface area contributed by atoms with E-state index in [1.165, 1.54) is 11.4 Å². The van der Waals surface area contributed by atoms with Crippen LogP contribution in [0.3, 0.4) is 0 Å². The van der Waals surface area contributed by atoms with E-state index in [2.05, 4.69) is 5.32 Å². The second-order valence-corrected chi connectivity index (χ2v) is 7.96. The van der Waals surface area contributed by atoms with Gasteiger partial charge in [-0.05, 0) is 30.0 Å². The maximum absolute atomic E-state index is 12.0. The highest BCUT2D eigenvalue weighted by Crippen LogP contribution is 2.37. The Bertz CT molecular complexity index is 877. The van der Waals surface area contributed by atoms with Crippen LogP contribution in [0.2, 0.25) is 0 Å². The van der Waals surface area contributed by atoms with Crippen molar-refractivity contribution in [3.05, 3.63) is 29.1 Å². The van der Waals surface area contributed by atoms with E-state index < -0.39 is 15.1 Å². The van der Waals surface area contributed by atoms with E-state index in [0.717, 1.165) is 16.9 Å². The molecule has 1 N–H and O–H groups in total. The predicted molar refractivity (Wildman–Crippen MR) is 84.3 cm³/mol. The Hall–Kier alpha value is -1.97. The normalized spacial score (nSPS) is 13.0. The standard InChI is InChI=1S/C13H10ClNO6S2/c1-7-4-9-10(20-6-19-9)5-8(7)15-13(16)21-12-11(2-3-22-12)23(14,17)18/h2-5H,6H2,1H3,(H,15,16). The lowest BCUT2D eigenvalue weighted by Gasteiger charge is -2.09. The minimum absolute atomic E-state index is 0.101. The molecule has 2 aromatic rings. The lowest BCUT2D eigenvalue weighted by atomic mass is 10.2. The van der Waals surface area contributed by atoms with Gasteiger partial charge in [0.2, 0.25) is 11.9 Å². The Morgan fingerprint density at radius 2 is 2.04 bits per heavy atom. The van der Waals surface area contributed by atoms with Crippen molar-refractivity contribution in [2.75, 3.05) is 12.1 Å². The molecule has 1 aliphatic heterocycles. The van der Waals surface area contributed by atoms with E-state index in [0.29, 0.717) is 17.2 Å². The van der Waals surface area contributed by atoms with Gasteiger partial charge < -0.3 is 14.2 Å². The van der Waals surface area contributed by atoms with Crippen molar-refractivity contribution in [3.8, 4) is 16.6 Å². The molecule has 0 unspecified atom stereocenters. The van der Waals surface area contributed by atoms with Crippen LogP contribution < -0.4 is 19.5 Å². The second-order valence-electron chi connectivity index (χ2n) is 4.55. The third kappa shape index (κ3) is 3.36. The number of carbonyl (C=O) groups is 1. The second kappa shape index (κ2) is 5.91. The smallest absolute Gasteiger partial charge is 0.417 e. The fraction of sp³-hybridized carbons (Fsp3) is 0.154.